The van der Waals surface area contributed by atoms with Crippen LogP contribution in [0.25, 0.3) is 0 Å². The number of hydrogen-bond acceptors (Lipinski definition) is 4. The van der Waals surface area contributed by atoms with Gasteiger partial charge in [0.2, 0.25) is 0 Å². The van der Waals surface area contributed by atoms with E-state index in [1.807, 2.05) is 0 Å². The van der Waals surface area contributed by atoms with Crippen molar-refractivity contribution in [3.05, 3.63) is 41.5 Å². The number of allylic oxidation sites excluding steroid dienone is 1. The summed E-state index contributed by atoms with van der Waals surface area (Å²) in [5.41, 5.74) is 1.26. The Bertz CT molecular complexity index is 449. The van der Waals surface area contributed by atoms with Gasteiger partial charge in [0.1, 0.15) is 11.3 Å². The van der Waals surface area contributed by atoms with Crippen molar-refractivity contribution in [1.82, 2.24) is 0 Å². The predicted molar refractivity (Wildman–Crippen MR) is 63.6 cm³/mol. The molecule has 4 nitrogen and oxygen atoms in total. The van der Waals surface area contributed by atoms with E-state index in [1.165, 1.54) is 14.2 Å². The monoisotopic (exact) mass is 234 g/mol. The highest BCUT2D eigenvalue weighted by molar-refractivity contribution is 6.01. The molecule has 0 saturated heterocycles. The Morgan fingerprint density at radius 2 is 2.12 bits per heavy atom. The lowest BCUT2D eigenvalue weighted by Crippen LogP contribution is -2.09. The molecule has 1 rings (SSSR count). The van der Waals surface area contributed by atoms with Gasteiger partial charge in [0.25, 0.3) is 0 Å². The molecule has 0 aliphatic heterocycles. The molecule has 0 N–H and O–H groups in total. The van der Waals surface area contributed by atoms with Crippen LogP contribution in [0.3, 0.4) is 0 Å². The zero-order valence-corrected chi connectivity index (χ0v) is 9.86. The average Bonchev–Trinajstić information content (AvgIpc) is 2.37. The van der Waals surface area contributed by atoms with Crippen LogP contribution >= 0.6 is 0 Å². The third-order valence-corrected chi connectivity index (χ3v) is 2.31. The van der Waals surface area contributed by atoms with Crippen molar-refractivity contribution in [3.8, 4) is 5.75 Å². The summed E-state index contributed by atoms with van der Waals surface area (Å²) >= 11 is 0. The maximum atomic E-state index is 11.6. The lowest BCUT2D eigenvalue weighted by atomic mass is 10.0. The van der Waals surface area contributed by atoms with Gasteiger partial charge in [-0.25, -0.2) is 4.79 Å². The summed E-state index contributed by atoms with van der Waals surface area (Å²) < 4.78 is 9.73. The number of rotatable bonds is 5. The molecule has 0 aliphatic carbocycles. The molecule has 90 valence electrons. The zero-order chi connectivity index (χ0) is 12.8. The first kappa shape index (κ1) is 13.0. The van der Waals surface area contributed by atoms with Gasteiger partial charge in [0.05, 0.1) is 14.2 Å². The Labute approximate surface area is 99.8 Å². The molecule has 17 heavy (non-hydrogen) atoms. The van der Waals surface area contributed by atoms with Crippen LogP contribution in [0.4, 0.5) is 0 Å². The van der Waals surface area contributed by atoms with Gasteiger partial charge in [0, 0.05) is 5.56 Å². The second-order valence-electron chi connectivity index (χ2n) is 3.36. The van der Waals surface area contributed by atoms with E-state index in [9.17, 15) is 9.59 Å². The second kappa shape index (κ2) is 5.84. The van der Waals surface area contributed by atoms with E-state index in [1.54, 1.807) is 18.2 Å². The highest BCUT2D eigenvalue weighted by Crippen LogP contribution is 2.25. The van der Waals surface area contributed by atoms with Crippen molar-refractivity contribution in [2.45, 2.75) is 6.42 Å². The molecule has 0 heterocycles. The second-order valence-corrected chi connectivity index (χ2v) is 3.36. The van der Waals surface area contributed by atoms with E-state index in [4.69, 9.17) is 4.74 Å². The van der Waals surface area contributed by atoms with Crippen molar-refractivity contribution in [3.63, 3.8) is 0 Å². The number of methoxy groups -OCH3 is 2. The van der Waals surface area contributed by atoms with Crippen LogP contribution in [-0.4, -0.2) is 26.5 Å². The number of ether oxygens (including phenoxy) is 2. The summed E-state index contributed by atoms with van der Waals surface area (Å²) in [6.45, 7) is 3.62. The van der Waals surface area contributed by atoms with Crippen LogP contribution in [0.2, 0.25) is 0 Å². The molecule has 1 aromatic carbocycles. The molecule has 0 saturated carbocycles. The van der Waals surface area contributed by atoms with Gasteiger partial charge in [-0.3, -0.25) is 4.79 Å². The number of aldehydes is 1. The van der Waals surface area contributed by atoms with E-state index >= 15 is 0 Å². The molecule has 0 unspecified atom stereocenters. The first-order valence-electron chi connectivity index (χ1n) is 5.03. The number of benzene rings is 1. The number of carbonyl (C=O) groups excluding carboxylic acids is 2. The van der Waals surface area contributed by atoms with E-state index in [2.05, 4.69) is 11.3 Å². The standard InChI is InChI=1S/C13H14O4/c1-4-5-9-6-10(8-14)12(13(15)17-3)11(7-9)16-2/h4,6-8H,1,5H2,2-3H3. The average molecular weight is 234 g/mol. The van der Waals surface area contributed by atoms with Crippen molar-refractivity contribution >= 4 is 12.3 Å². The van der Waals surface area contributed by atoms with Gasteiger partial charge in [0.15, 0.2) is 6.29 Å². The van der Waals surface area contributed by atoms with Crippen molar-refractivity contribution < 1.29 is 19.1 Å². The fraction of sp³-hybridized carbons (Fsp3) is 0.231. The summed E-state index contributed by atoms with van der Waals surface area (Å²) in [7, 11) is 2.70. The minimum atomic E-state index is -0.589. The summed E-state index contributed by atoms with van der Waals surface area (Å²) in [5, 5.41) is 0. The van der Waals surface area contributed by atoms with Gasteiger partial charge >= 0.3 is 5.97 Å². The molecule has 0 aromatic heterocycles. The third-order valence-electron chi connectivity index (χ3n) is 2.31. The van der Waals surface area contributed by atoms with Gasteiger partial charge < -0.3 is 9.47 Å². The van der Waals surface area contributed by atoms with E-state index in [0.717, 1.165) is 5.56 Å². The molecular weight excluding hydrogens is 220 g/mol. The topological polar surface area (TPSA) is 52.6 Å². The largest absolute Gasteiger partial charge is 0.496 e. The number of esters is 1. The minimum Gasteiger partial charge on any atom is -0.496 e. The quantitative estimate of drug-likeness (QED) is 0.444. The van der Waals surface area contributed by atoms with Crippen LogP contribution < -0.4 is 4.74 Å². The number of carbonyl (C=O) groups is 2. The van der Waals surface area contributed by atoms with Crippen LogP contribution in [0, 0.1) is 0 Å². The van der Waals surface area contributed by atoms with E-state index in [-0.39, 0.29) is 11.1 Å². The van der Waals surface area contributed by atoms with Crippen LogP contribution in [0.1, 0.15) is 26.3 Å². The maximum Gasteiger partial charge on any atom is 0.342 e. The lowest BCUT2D eigenvalue weighted by Gasteiger charge is -2.11. The van der Waals surface area contributed by atoms with Crippen molar-refractivity contribution in [1.29, 1.82) is 0 Å². The molecule has 1 aromatic rings. The highest BCUT2D eigenvalue weighted by Gasteiger charge is 2.18. The smallest absolute Gasteiger partial charge is 0.342 e. The SMILES string of the molecule is C=CCc1cc(C=O)c(C(=O)OC)c(OC)c1. The number of hydrogen-bond donors (Lipinski definition) is 0. The Hall–Kier alpha value is -2.10. The molecule has 0 amide bonds. The Morgan fingerprint density at radius 3 is 2.59 bits per heavy atom. The van der Waals surface area contributed by atoms with Gasteiger partial charge in [-0.15, -0.1) is 6.58 Å². The Balaban J connectivity index is 3.40. The van der Waals surface area contributed by atoms with Crippen molar-refractivity contribution in [2.75, 3.05) is 14.2 Å². The molecule has 4 heteroatoms. The highest BCUT2D eigenvalue weighted by atomic mass is 16.5. The third kappa shape index (κ3) is 2.72. The summed E-state index contributed by atoms with van der Waals surface area (Å²) in [5.74, 6) is -0.257. The van der Waals surface area contributed by atoms with E-state index < -0.39 is 5.97 Å². The Morgan fingerprint density at radius 1 is 1.41 bits per heavy atom. The van der Waals surface area contributed by atoms with Gasteiger partial charge in [-0.05, 0) is 24.1 Å². The minimum absolute atomic E-state index is 0.151. The molecule has 0 radical (unpaired) electrons. The fourth-order valence-electron chi connectivity index (χ4n) is 1.56. The fourth-order valence-corrected chi connectivity index (χ4v) is 1.56. The molecule has 0 spiro atoms. The molecule has 0 bridgehead atoms. The summed E-state index contributed by atoms with van der Waals surface area (Å²) in [6, 6.07) is 3.32. The molecule has 0 fully saturated rings. The summed E-state index contributed by atoms with van der Waals surface area (Å²) in [6.07, 6.45) is 2.92. The van der Waals surface area contributed by atoms with Gasteiger partial charge in [-0.1, -0.05) is 6.08 Å². The van der Waals surface area contributed by atoms with Crippen LogP contribution in [-0.2, 0) is 11.2 Å². The lowest BCUT2D eigenvalue weighted by molar-refractivity contribution is 0.0594. The Kier molecular flexibility index (Phi) is 4.46. The van der Waals surface area contributed by atoms with Crippen molar-refractivity contribution in [2.24, 2.45) is 0 Å². The normalized spacial score (nSPS) is 9.53. The molecule has 0 atom stereocenters. The van der Waals surface area contributed by atoms with Crippen LogP contribution in [0.15, 0.2) is 24.8 Å². The predicted octanol–water partition coefficient (Wildman–Crippen LogP) is 2.02. The first-order chi connectivity index (χ1) is 8.17. The maximum absolute atomic E-state index is 11.6. The first-order valence-corrected chi connectivity index (χ1v) is 5.03. The zero-order valence-electron chi connectivity index (χ0n) is 9.86. The van der Waals surface area contributed by atoms with E-state index in [0.29, 0.717) is 18.5 Å². The summed E-state index contributed by atoms with van der Waals surface area (Å²) in [4.78, 5) is 22.5. The molecule has 0 aliphatic rings. The van der Waals surface area contributed by atoms with Gasteiger partial charge in [-0.2, -0.15) is 0 Å². The molecular formula is C13H14O4. The van der Waals surface area contributed by atoms with Crippen LogP contribution in [0.5, 0.6) is 5.75 Å².